The molecule has 0 saturated carbocycles. The van der Waals surface area contributed by atoms with Crippen LogP contribution in [-0.4, -0.2) is 20.8 Å². The second-order valence-electron chi connectivity index (χ2n) is 5.38. The van der Waals surface area contributed by atoms with Crippen LogP contribution in [0.1, 0.15) is 50.3 Å². The van der Waals surface area contributed by atoms with Crippen molar-refractivity contribution in [2.75, 3.05) is 20.8 Å². The highest BCUT2D eigenvalue weighted by atomic mass is 16.5. The van der Waals surface area contributed by atoms with E-state index in [1.165, 1.54) is 11.1 Å². The molecule has 0 fully saturated rings. The van der Waals surface area contributed by atoms with Gasteiger partial charge in [-0.05, 0) is 36.9 Å². The summed E-state index contributed by atoms with van der Waals surface area (Å²) in [5.41, 5.74) is 2.60. The van der Waals surface area contributed by atoms with Crippen molar-refractivity contribution in [3.8, 4) is 11.5 Å². The highest BCUT2D eigenvalue weighted by Gasteiger charge is 2.39. The van der Waals surface area contributed by atoms with Gasteiger partial charge in [-0.15, -0.1) is 0 Å². The van der Waals surface area contributed by atoms with Crippen molar-refractivity contribution in [3.63, 3.8) is 0 Å². The third-order valence-corrected chi connectivity index (χ3v) is 4.34. The molecule has 0 bridgehead atoms. The summed E-state index contributed by atoms with van der Waals surface area (Å²) in [5.74, 6) is 2.98. The fourth-order valence-corrected chi connectivity index (χ4v) is 3.15. The van der Waals surface area contributed by atoms with Gasteiger partial charge in [-0.1, -0.05) is 20.8 Å². The van der Waals surface area contributed by atoms with Crippen LogP contribution < -0.4 is 14.8 Å². The Balaban J connectivity index is 2.50. The minimum absolute atomic E-state index is 0.356. The molecule has 0 spiro atoms. The maximum Gasteiger partial charge on any atom is 0.124 e. The average molecular weight is 263 g/mol. The van der Waals surface area contributed by atoms with E-state index in [0.29, 0.717) is 17.9 Å². The predicted molar refractivity (Wildman–Crippen MR) is 78.2 cm³/mol. The number of methoxy groups -OCH3 is 2. The first-order valence-corrected chi connectivity index (χ1v) is 7.13. The van der Waals surface area contributed by atoms with Crippen LogP contribution in [0.3, 0.4) is 0 Å². The molecule has 0 amide bonds. The second kappa shape index (κ2) is 5.83. The maximum atomic E-state index is 5.57. The Morgan fingerprint density at radius 1 is 1.05 bits per heavy atom. The summed E-state index contributed by atoms with van der Waals surface area (Å²) in [5, 5.41) is 3.66. The molecule has 19 heavy (non-hydrogen) atoms. The molecule has 3 atom stereocenters. The monoisotopic (exact) mass is 263 g/mol. The molecular formula is C16H25NO2. The van der Waals surface area contributed by atoms with Gasteiger partial charge in [0.15, 0.2) is 0 Å². The summed E-state index contributed by atoms with van der Waals surface area (Å²) in [6.07, 6.45) is 1.14. The van der Waals surface area contributed by atoms with Crippen molar-refractivity contribution in [1.29, 1.82) is 0 Å². The van der Waals surface area contributed by atoms with Crippen LogP contribution in [0, 0.1) is 5.92 Å². The number of benzene rings is 1. The van der Waals surface area contributed by atoms with E-state index in [0.717, 1.165) is 24.5 Å². The zero-order valence-electron chi connectivity index (χ0n) is 12.6. The standard InChI is InChI=1S/C16H25NO2/c1-6-9-17-16-11(3)10(2)14-12(18-4)7-8-13(19-5)15(14)16/h7-8,10-11,16-17H,6,9H2,1-5H3. The number of rotatable bonds is 5. The molecule has 3 nitrogen and oxygen atoms in total. The predicted octanol–water partition coefficient (Wildman–Crippen LogP) is 3.50. The number of ether oxygens (including phenoxy) is 2. The Hall–Kier alpha value is -1.22. The van der Waals surface area contributed by atoms with Crippen LogP contribution in [-0.2, 0) is 0 Å². The first kappa shape index (κ1) is 14.2. The molecule has 0 aliphatic heterocycles. The second-order valence-corrected chi connectivity index (χ2v) is 5.38. The molecule has 1 aromatic carbocycles. The number of hydrogen-bond acceptors (Lipinski definition) is 3. The Labute approximate surface area is 116 Å². The molecular weight excluding hydrogens is 238 g/mol. The molecule has 1 N–H and O–H groups in total. The quantitative estimate of drug-likeness (QED) is 0.882. The number of fused-ring (bicyclic) bond motifs is 1. The van der Waals surface area contributed by atoms with Crippen LogP contribution in [0.15, 0.2) is 12.1 Å². The van der Waals surface area contributed by atoms with Gasteiger partial charge in [-0.2, -0.15) is 0 Å². The molecule has 3 heteroatoms. The lowest BCUT2D eigenvalue weighted by Crippen LogP contribution is -2.25. The van der Waals surface area contributed by atoms with Gasteiger partial charge in [0.2, 0.25) is 0 Å². The minimum atomic E-state index is 0.356. The van der Waals surface area contributed by atoms with E-state index in [1.54, 1.807) is 14.2 Å². The van der Waals surface area contributed by atoms with Gasteiger partial charge in [-0.25, -0.2) is 0 Å². The van der Waals surface area contributed by atoms with Crippen molar-refractivity contribution < 1.29 is 9.47 Å². The maximum absolute atomic E-state index is 5.57. The summed E-state index contributed by atoms with van der Waals surface area (Å²) in [6.45, 7) is 7.80. The molecule has 0 aromatic heterocycles. The van der Waals surface area contributed by atoms with E-state index in [1.807, 2.05) is 12.1 Å². The number of nitrogens with one attached hydrogen (secondary N) is 1. The summed E-state index contributed by atoms with van der Waals surface area (Å²) in [6, 6.07) is 4.39. The Morgan fingerprint density at radius 2 is 1.63 bits per heavy atom. The summed E-state index contributed by atoms with van der Waals surface area (Å²) >= 11 is 0. The first-order valence-electron chi connectivity index (χ1n) is 7.13. The molecule has 3 unspecified atom stereocenters. The van der Waals surface area contributed by atoms with E-state index in [9.17, 15) is 0 Å². The lowest BCUT2D eigenvalue weighted by Gasteiger charge is -2.21. The minimum Gasteiger partial charge on any atom is -0.496 e. The lowest BCUT2D eigenvalue weighted by molar-refractivity contribution is 0.361. The Kier molecular flexibility index (Phi) is 4.35. The largest absolute Gasteiger partial charge is 0.496 e. The number of hydrogen-bond donors (Lipinski definition) is 1. The van der Waals surface area contributed by atoms with Gasteiger partial charge in [0, 0.05) is 17.2 Å². The van der Waals surface area contributed by atoms with Gasteiger partial charge in [0.25, 0.3) is 0 Å². The molecule has 0 saturated heterocycles. The van der Waals surface area contributed by atoms with Crippen LogP contribution in [0.4, 0.5) is 0 Å². The third kappa shape index (κ3) is 2.32. The van der Waals surface area contributed by atoms with Gasteiger partial charge in [0.1, 0.15) is 11.5 Å². The van der Waals surface area contributed by atoms with Gasteiger partial charge >= 0.3 is 0 Å². The van der Waals surface area contributed by atoms with Crippen molar-refractivity contribution in [2.24, 2.45) is 5.92 Å². The van der Waals surface area contributed by atoms with E-state index in [2.05, 4.69) is 26.1 Å². The normalized spacial score (nSPS) is 25.2. The van der Waals surface area contributed by atoms with Crippen molar-refractivity contribution in [2.45, 2.75) is 39.2 Å². The zero-order valence-corrected chi connectivity index (χ0v) is 12.6. The highest BCUT2D eigenvalue weighted by Crippen LogP contribution is 2.52. The molecule has 1 aromatic rings. The van der Waals surface area contributed by atoms with Crippen molar-refractivity contribution in [1.82, 2.24) is 5.32 Å². The molecule has 0 radical (unpaired) electrons. The van der Waals surface area contributed by atoms with Gasteiger partial charge in [0.05, 0.1) is 14.2 Å². The average Bonchev–Trinajstić information content (AvgIpc) is 2.69. The topological polar surface area (TPSA) is 30.5 Å². The van der Waals surface area contributed by atoms with Gasteiger partial charge < -0.3 is 14.8 Å². The molecule has 1 aliphatic rings. The third-order valence-electron chi connectivity index (χ3n) is 4.34. The fourth-order valence-electron chi connectivity index (χ4n) is 3.15. The first-order chi connectivity index (χ1) is 9.15. The summed E-state index contributed by atoms with van der Waals surface area (Å²) < 4.78 is 11.1. The van der Waals surface area contributed by atoms with Crippen LogP contribution in [0.2, 0.25) is 0 Å². The lowest BCUT2D eigenvalue weighted by atomic mass is 9.94. The van der Waals surface area contributed by atoms with Crippen LogP contribution in [0.25, 0.3) is 0 Å². The van der Waals surface area contributed by atoms with E-state index < -0.39 is 0 Å². The van der Waals surface area contributed by atoms with Gasteiger partial charge in [-0.3, -0.25) is 0 Å². The van der Waals surface area contributed by atoms with Crippen molar-refractivity contribution in [3.05, 3.63) is 23.3 Å². The van der Waals surface area contributed by atoms with E-state index >= 15 is 0 Å². The zero-order chi connectivity index (χ0) is 14.0. The molecule has 1 aliphatic carbocycles. The van der Waals surface area contributed by atoms with E-state index in [-0.39, 0.29) is 0 Å². The Morgan fingerprint density at radius 3 is 2.16 bits per heavy atom. The van der Waals surface area contributed by atoms with Crippen LogP contribution in [0.5, 0.6) is 11.5 Å². The highest BCUT2D eigenvalue weighted by molar-refractivity contribution is 5.55. The van der Waals surface area contributed by atoms with E-state index in [4.69, 9.17) is 9.47 Å². The SMILES string of the molecule is CCCNC1c2c(OC)ccc(OC)c2C(C)C1C. The summed E-state index contributed by atoms with van der Waals surface area (Å²) in [4.78, 5) is 0. The fraction of sp³-hybridized carbons (Fsp3) is 0.625. The van der Waals surface area contributed by atoms with Crippen LogP contribution >= 0.6 is 0 Å². The molecule has 0 heterocycles. The Bertz CT molecular complexity index is 445. The van der Waals surface area contributed by atoms with Crippen molar-refractivity contribution >= 4 is 0 Å². The smallest absolute Gasteiger partial charge is 0.124 e. The molecule has 2 rings (SSSR count). The molecule has 106 valence electrons. The summed E-state index contributed by atoms with van der Waals surface area (Å²) in [7, 11) is 3.49.